The molecule has 0 aliphatic carbocycles. The summed E-state index contributed by atoms with van der Waals surface area (Å²) in [5, 5.41) is 8.75. The maximum absolute atomic E-state index is 12.7. The molecule has 1 atom stereocenters. The maximum atomic E-state index is 12.7. The predicted octanol–water partition coefficient (Wildman–Crippen LogP) is 2.68. The van der Waals surface area contributed by atoms with Gasteiger partial charge >= 0.3 is 0 Å². The Hall–Kier alpha value is -2.73. The van der Waals surface area contributed by atoms with Crippen molar-refractivity contribution in [3.8, 4) is 0 Å². The molecule has 1 aromatic heterocycles. The summed E-state index contributed by atoms with van der Waals surface area (Å²) >= 11 is 0. The van der Waals surface area contributed by atoms with Crippen LogP contribution in [0.3, 0.4) is 0 Å². The second-order valence-corrected chi connectivity index (χ2v) is 6.93. The fourth-order valence-electron chi connectivity index (χ4n) is 3.50. The molecule has 1 fully saturated rings. The first-order valence-electron chi connectivity index (χ1n) is 9.51. The van der Waals surface area contributed by atoms with Crippen LogP contribution in [0.25, 0.3) is 11.0 Å². The Balaban J connectivity index is 1.28. The molecule has 3 aromatic rings. The third kappa shape index (κ3) is 4.52. The quantitative estimate of drug-likeness (QED) is 0.675. The molecular weight excluding hydrogens is 340 g/mol. The van der Waals surface area contributed by atoms with Gasteiger partial charge < -0.3 is 9.64 Å². The van der Waals surface area contributed by atoms with E-state index in [-0.39, 0.29) is 18.6 Å². The number of carbonyl (C=O) groups excluding carboxylic acids is 1. The van der Waals surface area contributed by atoms with Crippen LogP contribution in [0.5, 0.6) is 0 Å². The van der Waals surface area contributed by atoms with Crippen molar-refractivity contribution >= 4 is 16.9 Å². The second kappa shape index (κ2) is 8.31. The lowest BCUT2D eigenvalue weighted by Crippen LogP contribution is -2.46. The van der Waals surface area contributed by atoms with E-state index in [9.17, 15) is 4.79 Å². The minimum absolute atomic E-state index is 0.0478. The molecule has 27 heavy (non-hydrogen) atoms. The number of ether oxygens (including phenoxy) is 1. The maximum Gasteiger partial charge on any atom is 0.246 e. The van der Waals surface area contributed by atoms with Crippen molar-refractivity contribution in [2.24, 2.45) is 0 Å². The first kappa shape index (κ1) is 17.7. The molecule has 0 unspecified atom stereocenters. The van der Waals surface area contributed by atoms with Crippen LogP contribution >= 0.6 is 0 Å². The van der Waals surface area contributed by atoms with E-state index in [2.05, 4.69) is 34.5 Å². The molecule has 4 rings (SSSR count). The highest BCUT2D eigenvalue weighted by Gasteiger charge is 2.24. The first-order chi connectivity index (χ1) is 13.3. The Morgan fingerprint density at radius 3 is 2.48 bits per heavy atom. The summed E-state index contributed by atoms with van der Waals surface area (Å²) in [7, 11) is 0. The van der Waals surface area contributed by atoms with Gasteiger partial charge in [-0.1, -0.05) is 42.5 Å². The molecule has 1 amide bonds. The zero-order valence-corrected chi connectivity index (χ0v) is 15.3. The summed E-state index contributed by atoms with van der Waals surface area (Å²) < 4.78 is 5.86. The topological polar surface area (TPSA) is 60.2 Å². The van der Waals surface area contributed by atoms with Gasteiger partial charge in [0.25, 0.3) is 0 Å². The molecule has 6 heteroatoms. The van der Waals surface area contributed by atoms with E-state index in [4.69, 9.17) is 4.74 Å². The van der Waals surface area contributed by atoms with E-state index >= 15 is 0 Å². The van der Waals surface area contributed by atoms with Crippen molar-refractivity contribution < 1.29 is 9.53 Å². The SMILES string of the molecule is O=C(Cn1nc2ccccc2n1)N1CCO[C@@H](CCCc2ccccc2)C1. The van der Waals surface area contributed by atoms with Gasteiger partial charge in [0, 0.05) is 13.1 Å². The number of amides is 1. The summed E-state index contributed by atoms with van der Waals surface area (Å²) in [5.74, 6) is 0.0478. The molecule has 6 nitrogen and oxygen atoms in total. The Bertz CT molecular complexity index is 860. The summed E-state index contributed by atoms with van der Waals surface area (Å²) in [5.41, 5.74) is 2.97. The first-order valence-corrected chi connectivity index (χ1v) is 9.51. The number of nitrogens with zero attached hydrogens (tertiary/aromatic N) is 4. The van der Waals surface area contributed by atoms with E-state index in [1.54, 1.807) is 0 Å². The van der Waals surface area contributed by atoms with Crippen LogP contribution in [-0.2, 0) is 22.5 Å². The van der Waals surface area contributed by atoms with Gasteiger partial charge in [-0.2, -0.15) is 15.0 Å². The minimum Gasteiger partial charge on any atom is -0.375 e. The third-order valence-corrected chi connectivity index (χ3v) is 4.93. The fraction of sp³-hybridized carbons (Fsp3) is 0.381. The molecule has 0 N–H and O–H groups in total. The average molecular weight is 364 g/mol. The number of carbonyl (C=O) groups is 1. The number of rotatable bonds is 6. The van der Waals surface area contributed by atoms with Crippen LogP contribution in [0.1, 0.15) is 18.4 Å². The van der Waals surface area contributed by atoms with Crippen molar-refractivity contribution in [2.75, 3.05) is 19.7 Å². The van der Waals surface area contributed by atoms with Gasteiger partial charge in [-0.15, -0.1) is 0 Å². The number of aromatic nitrogens is 3. The van der Waals surface area contributed by atoms with Crippen LogP contribution in [0.2, 0.25) is 0 Å². The normalized spacial score (nSPS) is 17.3. The number of hydrogen-bond donors (Lipinski definition) is 0. The van der Waals surface area contributed by atoms with Gasteiger partial charge in [0.05, 0.1) is 12.7 Å². The largest absolute Gasteiger partial charge is 0.375 e. The van der Waals surface area contributed by atoms with Crippen LogP contribution in [-0.4, -0.2) is 51.6 Å². The molecule has 0 bridgehead atoms. The van der Waals surface area contributed by atoms with Crippen molar-refractivity contribution in [3.05, 3.63) is 60.2 Å². The van der Waals surface area contributed by atoms with Crippen LogP contribution in [0, 0.1) is 0 Å². The zero-order chi connectivity index (χ0) is 18.5. The highest BCUT2D eigenvalue weighted by atomic mass is 16.5. The Morgan fingerprint density at radius 2 is 1.74 bits per heavy atom. The van der Waals surface area contributed by atoms with E-state index in [0.29, 0.717) is 19.7 Å². The molecular formula is C21H24N4O2. The van der Waals surface area contributed by atoms with Crippen molar-refractivity contribution in [2.45, 2.75) is 31.9 Å². The van der Waals surface area contributed by atoms with Crippen LogP contribution in [0.15, 0.2) is 54.6 Å². The number of hydrogen-bond acceptors (Lipinski definition) is 4. The Morgan fingerprint density at radius 1 is 1.04 bits per heavy atom. The number of aryl methyl sites for hydroxylation is 1. The van der Waals surface area contributed by atoms with Crippen molar-refractivity contribution in [1.82, 2.24) is 19.9 Å². The zero-order valence-electron chi connectivity index (χ0n) is 15.3. The monoisotopic (exact) mass is 364 g/mol. The molecule has 2 heterocycles. The lowest BCUT2D eigenvalue weighted by atomic mass is 10.1. The smallest absolute Gasteiger partial charge is 0.246 e. The molecule has 1 saturated heterocycles. The van der Waals surface area contributed by atoms with Crippen molar-refractivity contribution in [3.63, 3.8) is 0 Å². The van der Waals surface area contributed by atoms with Crippen LogP contribution < -0.4 is 0 Å². The molecule has 2 aromatic carbocycles. The number of fused-ring (bicyclic) bond motifs is 1. The molecule has 0 spiro atoms. The second-order valence-electron chi connectivity index (χ2n) is 6.93. The summed E-state index contributed by atoms with van der Waals surface area (Å²) in [6, 6.07) is 18.1. The highest BCUT2D eigenvalue weighted by Crippen LogP contribution is 2.14. The van der Waals surface area contributed by atoms with E-state index in [1.807, 2.05) is 35.2 Å². The molecule has 140 valence electrons. The highest BCUT2D eigenvalue weighted by molar-refractivity contribution is 5.77. The Labute approximate surface area is 158 Å². The summed E-state index contributed by atoms with van der Waals surface area (Å²) in [4.78, 5) is 16.0. The predicted molar refractivity (Wildman–Crippen MR) is 103 cm³/mol. The van der Waals surface area contributed by atoms with Gasteiger partial charge in [-0.3, -0.25) is 4.79 Å². The van der Waals surface area contributed by atoms with Gasteiger partial charge in [0.1, 0.15) is 17.6 Å². The molecule has 1 aliphatic rings. The van der Waals surface area contributed by atoms with E-state index in [0.717, 1.165) is 30.3 Å². The number of benzene rings is 2. The molecule has 0 saturated carbocycles. The fourth-order valence-corrected chi connectivity index (χ4v) is 3.50. The standard InChI is InChI=1S/C21H24N4O2/c26-21(16-25-22-19-11-4-5-12-20(19)23-25)24-13-14-27-18(15-24)10-6-9-17-7-2-1-3-8-17/h1-5,7-8,11-12,18H,6,9-10,13-16H2/t18-/m0/s1. The van der Waals surface area contributed by atoms with Gasteiger partial charge in [-0.05, 0) is 37.0 Å². The summed E-state index contributed by atoms with van der Waals surface area (Å²) in [6.07, 6.45) is 3.17. The lowest BCUT2D eigenvalue weighted by Gasteiger charge is -2.33. The van der Waals surface area contributed by atoms with Crippen LogP contribution in [0.4, 0.5) is 0 Å². The van der Waals surface area contributed by atoms with Crippen molar-refractivity contribution in [1.29, 1.82) is 0 Å². The average Bonchev–Trinajstić information content (AvgIpc) is 3.11. The number of morpholine rings is 1. The van der Waals surface area contributed by atoms with E-state index in [1.165, 1.54) is 10.4 Å². The minimum atomic E-state index is 0.0478. The lowest BCUT2D eigenvalue weighted by molar-refractivity contribution is -0.140. The van der Waals surface area contributed by atoms with Gasteiger partial charge in [0.15, 0.2) is 0 Å². The molecule has 0 radical (unpaired) electrons. The Kier molecular flexibility index (Phi) is 5.44. The van der Waals surface area contributed by atoms with Gasteiger partial charge in [0.2, 0.25) is 5.91 Å². The summed E-state index contributed by atoms with van der Waals surface area (Å²) in [6.45, 7) is 2.05. The van der Waals surface area contributed by atoms with E-state index < -0.39 is 0 Å². The molecule has 1 aliphatic heterocycles. The third-order valence-electron chi connectivity index (χ3n) is 4.93. The van der Waals surface area contributed by atoms with Gasteiger partial charge in [-0.25, -0.2) is 0 Å².